The molecule has 2 aromatic heterocycles. The molecule has 0 aromatic carbocycles. The van der Waals surface area contributed by atoms with Gasteiger partial charge in [0.05, 0.1) is 11.3 Å². The molecule has 1 N–H and O–H groups in total. The number of carbonyl (C=O) groups is 1. The number of hydrogen-bond acceptors (Lipinski definition) is 6. The highest BCUT2D eigenvalue weighted by Gasteiger charge is 2.51. The highest BCUT2D eigenvalue weighted by atomic mass is 32.2. The molecule has 5 aliphatic carbocycles. The van der Waals surface area contributed by atoms with E-state index in [2.05, 4.69) is 33.1 Å². The van der Waals surface area contributed by atoms with Crippen LogP contribution < -0.4 is 5.32 Å². The lowest BCUT2D eigenvalue weighted by atomic mass is 9.49. The van der Waals surface area contributed by atoms with E-state index in [0.717, 1.165) is 66.0 Å². The van der Waals surface area contributed by atoms with Crippen molar-refractivity contribution in [3.63, 3.8) is 0 Å². The molecule has 0 spiro atoms. The van der Waals surface area contributed by atoms with E-state index >= 15 is 0 Å². The molecule has 192 valence electrons. The molecule has 0 aliphatic heterocycles. The number of aryl methyl sites for hydroxylation is 1. The first-order valence-electron chi connectivity index (χ1n) is 13.9. The van der Waals surface area contributed by atoms with Crippen molar-refractivity contribution in [2.45, 2.75) is 102 Å². The molecule has 6 nitrogen and oxygen atoms in total. The molecule has 0 saturated heterocycles. The maximum Gasteiger partial charge on any atom is 0.235 e. The molecule has 4 bridgehead atoms. The predicted molar refractivity (Wildman–Crippen MR) is 144 cm³/mol. The Bertz CT molecular complexity index is 1140. The van der Waals surface area contributed by atoms with Crippen LogP contribution in [0.5, 0.6) is 0 Å². The van der Waals surface area contributed by atoms with Gasteiger partial charge in [0.25, 0.3) is 0 Å². The van der Waals surface area contributed by atoms with Gasteiger partial charge in [-0.05, 0) is 99.9 Å². The minimum Gasteiger partial charge on any atom is -0.316 e. The van der Waals surface area contributed by atoms with Crippen LogP contribution in [0.3, 0.4) is 0 Å². The van der Waals surface area contributed by atoms with E-state index in [1.165, 1.54) is 80.0 Å². The fraction of sp³-hybridized carbons (Fsp3) is 0.714. The standard InChI is InChI=1S/C28H37N5OS2/c1-2-33-24(15-28-12-18-9-19(13-28)11-20(10-18)14-28)31-32-27(33)35-17-25(34)30-26-22(16-29)21-7-5-3-4-6-8-23(21)36-26/h18-20H,2-15,17H2,1H3,(H,30,34). The summed E-state index contributed by atoms with van der Waals surface area (Å²) in [6, 6.07) is 2.38. The predicted octanol–water partition coefficient (Wildman–Crippen LogP) is 6.38. The zero-order valence-corrected chi connectivity index (χ0v) is 23.0. The van der Waals surface area contributed by atoms with Gasteiger partial charge in [-0.15, -0.1) is 21.5 Å². The van der Waals surface area contributed by atoms with Gasteiger partial charge in [-0.3, -0.25) is 4.79 Å². The summed E-state index contributed by atoms with van der Waals surface area (Å²) in [5, 5.41) is 23.6. The number of aromatic nitrogens is 3. The lowest BCUT2D eigenvalue weighted by Gasteiger charge is -2.56. The second-order valence-corrected chi connectivity index (χ2v) is 13.9. The molecule has 2 heterocycles. The molecule has 5 aliphatic rings. The van der Waals surface area contributed by atoms with Crippen LogP contribution in [0.2, 0.25) is 0 Å². The van der Waals surface area contributed by atoms with Gasteiger partial charge in [0.2, 0.25) is 5.91 Å². The van der Waals surface area contributed by atoms with Crippen molar-refractivity contribution >= 4 is 34.0 Å². The second-order valence-electron chi connectivity index (χ2n) is 11.8. The minimum atomic E-state index is -0.0704. The number of nitrogens with zero attached hydrogens (tertiary/aromatic N) is 4. The van der Waals surface area contributed by atoms with Gasteiger partial charge in [-0.1, -0.05) is 24.6 Å². The Balaban J connectivity index is 1.11. The summed E-state index contributed by atoms with van der Waals surface area (Å²) < 4.78 is 2.23. The number of hydrogen-bond donors (Lipinski definition) is 1. The van der Waals surface area contributed by atoms with Crippen molar-refractivity contribution < 1.29 is 4.79 Å². The maximum absolute atomic E-state index is 12.9. The average Bonchev–Trinajstić information content (AvgIpc) is 3.35. The Morgan fingerprint density at radius 1 is 1.11 bits per heavy atom. The smallest absolute Gasteiger partial charge is 0.235 e. The second kappa shape index (κ2) is 10.1. The van der Waals surface area contributed by atoms with Gasteiger partial charge in [0, 0.05) is 17.8 Å². The third-order valence-electron chi connectivity index (χ3n) is 9.18. The van der Waals surface area contributed by atoms with Crippen LogP contribution in [0.4, 0.5) is 5.00 Å². The molecule has 1 amide bonds. The van der Waals surface area contributed by atoms with Crippen LogP contribution in [0.25, 0.3) is 0 Å². The Hall–Kier alpha value is -1.85. The molecule has 7 rings (SSSR count). The maximum atomic E-state index is 12.9. The quantitative estimate of drug-likeness (QED) is 0.426. The van der Waals surface area contributed by atoms with Crippen molar-refractivity contribution in [2.75, 3.05) is 11.1 Å². The lowest BCUT2D eigenvalue weighted by molar-refractivity contribution is -0.113. The summed E-state index contributed by atoms with van der Waals surface area (Å²) in [6.45, 7) is 2.98. The number of anilines is 1. The number of amides is 1. The Morgan fingerprint density at radius 3 is 2.47 bits per heavy atom. The third-order valence-corrected chi connectivity index (χ3v) is 11.4. The van der Waals surface area contributed by atoms with Gasteiger partial charge < -0.3 is 9.88 Å². The number of rotatable bonds is 7. The number of nitriles is 1. The van der Waals surface area contributed by atoms with Crippen molar-refractivity contribution in [2.24, 2.45) is 23.2 Å². The van der Waals surface area contributed by atoms with Gasteiger partial charge in [-0.2, -0.15) is 5.26 Å². The van der Waals surface area contributed by atoms with Crippen LogP contribution in [0.1, 0.15) is 93.0 Å². The van der Waals surface area contributed by atoms with Gasteiger partial charge in [0.15, 0.2) is 5.16 Å². The Kier molecular flexibility index (Phi) is 6.89. The van der Waals surface area contributed by atoms with Crippen molar-refractivity contribution in [3.8, 4) is 6.07 Å². The van der Waals surface area contributed by atoms with E-state index in [1.807, 2.05) is 0 Å². The highest BCUT2D eigenvalue weighted by Crippen LogP contribution is 2.61. The molecule has 8 heteroatoms. The Morgan fingerprint density at radius 2 is 1.81 bits per heavy atom. The molecule has 0 unspecified atom stereocenters. The lowest BCUT2D eigenvalue weighted by Crippen LogP contribution is -2.47. The van der Waals surface area contributed by atoms with Crippen LogP contribution in [0, 0.1) is 34.5 Å². The molecule has 36 heavy (non-hydrogen) atoms. The molecular weight excluding hydrogens is 486 g/mol. The number of thioether (sulfide) groups is 1. The first kappa shape index (κ1) is 24.5. The summed E-state index contributed by atoms with van der Waals surface area (Å²) >= 11 is 3.07. The molecular formula is C28H37N5OS2. The van der Waals surface area contributed by atoms with Gasteiger partial charge in [0.1, 0.15) is 16.9 Å². The van der Waals surface area contributed by atoms with E-state index in [-0.39, 0.29) is 11.7 Å². The van der Waals surface area contributed by atoms with Gasteiger partial charge in [-0.25, -0.2) is 0 Å². The normalized spacial score (nSPS) is 28.8. The summed E-state index contributed by atoms with van der Waals surface area (Å²) in [4.78, 5) is 14.2. The van der Waals surface area contributed by atoms with Crippen LogP contribution >= 0.6 is 23.1 Å². The first-order valence-corrected chi connectivity index (χ1v) is 15.8. The largest absolute Gasteiger partial charge is 0.316 e. The summed E-state index contributed by atoms with van der Waals surface area (Å²) in [6.07, 6.45) is 16.2. The van der Waals surface area contributed by atoms with Crippen LogP contribution in [0.15, 0.2) is 5.16 Å². The molecule has 0 atom stereocenters. The first-order chi connectivity index (χ1) is 17.6. The molecule has 2 aromatic rings. The van der Waals surface area contributed by atoms with E-state index in [4.69, 9.17) is 0 Å². The number of nitrogens with one attached hydrogen (secondary N) is 1. The molecule has 0 radical (unpaired) electrons. The van der Waals surface area contributed by atoms with E-state index in [9.17, 15) is 10.1 Å². The topological polar surface area (TPSA) is 83.6 Å². The number of carbonyl (C=O) groups excluding carboxylic acids is 1. The highest BCUT2D eigenvalue weighted by molar-refractivity contribution is 7.99. The SMILES string of the molecule is CCn1c(CC23CC4CC(CC(C4)C2)C3)nnc1SCC(=O)Nc1sc2c(c1C#N)CCCCCC2. The monoisotopic (exact) mass is 523 g/mol. The summed E-state index contributed by atoms with van der Waals surface area (Å²) in [5.74, 6) is 4.11. The average molecular weight is 524 g/mol. The fourth-order valence-corrected chi connectivity index (χ4v) is 10.2. The summed E-state index contributed by atoms with van der Waals surface area (Å²) in [5.41, 5.74) is 2.28. The van der Waals surface area contributed by atoms with Crippen LogP contribution in [-0.2, 0) is 30.6 Å². The van der Waals surface area contributed by atoms with Crippen molar-refractivity contribution in [1.29, 1.82) is 5.26 Å². The molecule has 4 fully saturated rings. The Labute approximate surface area is 222 Å². The number of thiophene rings is 1. The van der Waals surface area contributed by atoms with Crippen LogP contribution in [-0.4, -0.2) is 26.4 Å². The third kappa shape index (κ3) is 4.74. The minimum absolute atomic E-state index is 0.0704. The zero-order chi connectivity index (χ0) is 24.7. The fourth-order valence-electron chi connectivity index (χ4n) is 8.13. The number of fused-ring (bicyclic) bond motifs is 1. The van der Waals surface area contributed by atoms with Crippen molar-refractivity contribution in [3.05, 3.63) is 21.8 Å². The van der Waals surface area contributed by atoms with Crippen molar-refractivity contribution in [1.82, 2.24) is 14.8 Å². The van der Waals surface area contributed by atoms with E-state index < -0.39 is 0 Å². The van der Waals surface area contributed by atoms with E-state index in [0.29, 0.717) is 11.0 Å². The van der Waals surface area contributed by atoms with E-state index in [1.54, 1.807) is 11.3 Å². The molecule has 4 saturated carbocycles. The van der Waals surface area contributed by atoms with Gasteiger partial charge >= 0.3 is 0 Å². The summed E-state index contributed by atoms with van der Waals surface area (Å²) in [7, 11) is 0. The zero-order valence-electron chi connectivity index (χ0n) is 21.4.